The predicted molar refractivity (Wildman–Crippen MR) is 96.5 cm³/mol. The zero-order valence-corrected chi connectivity index (χ0v) is 14.1. The third-order valence-electron chi connectivity index (χ3n) is 4.66. The molecule has 0 aromatic heterocycles. The number of hydrogen-bond donors (Lipinski definition) is 2. The fourth-order valence-electron chi connectivity index (χ4n) is 3.79. The molecular weight excluding hydrogens is 286 g/mol. The van der Waals surface area contributed by atoms with Crippen molar-refractivity contribution in [1.82, 2.24) is 0 Å². The van der Waals surface area contributed by atoms with Crippen LogP contribution in [0.3, 0.4) is 0 Å². The van der Waals surface area contributed by atoms with Crippen molar-refractivity contribution in [3.05, 3.63) is 29.8 Å². The molecule has 23 heavy (non-hydrogen) atoms. The van der Waals surface area contributed by atoms with E-state index in [1.165, 1.54) is 12.0 Å². The second kappa shape index (κ2) is 6.22. The van der Waals surface area contributed by atoms with Crippen LogP contribution in [0.4, 0.5) is 5.69 Å². The van der Waals surface area contributed by atoms with Crippen molar-refractivity contribution in [2.45, 2.75) is 58.0 Å². The molecule has 1 heterocycles. The number of aliphatic imine (C=N–C) groups is 2. The summed E-state index contributed by atoms with van der Waals surface area (Å²) in [6, 6.07) is 8.58. The van der Waals surface area contributed by atoms with E-state index in [0.717, 1.165) is 37.8 Å². The van der Waals surface area contributed by atoms with E-state index in [9.17, 15) is 0 Å². The molecule has 1 aromatic carbocycles. The molecule has 2 aliphatic rings. The summed E-state index contributed by atoms with van der Waals surface area (Å²) >= 11 is 0. The van der Waals surface area contributed by atoms with Crippen LogP contribution in [-0.2, 0) is 6.42 Å². The maximum Gasteiger partial charge on any atom is 0.220 e. The van der Waals surface area contributed by atoms with Crippen LogP contribution in [0.5, 0.6) is 0 Å². The average molecular weight is 313 g/mol. The van der Waals surface area contributed by atoms with E-state index in [0.29, 0.717) is 17.8 Å². The van der Waals surface area contributed by atoms with Gasteiger partial charge in [-0.2, -0.15) is 4.99 Å². The van der Waals surface area contributed by atoms with Gasteiger partial charge in [0.25, 0.3) is 0 Å². The van der Waals surface area contributed by atoms with Gasteiger partial charge in [-0.05, 0) is 55.7 Å². The van der Waals surface area contributed by atoms with Crippen LogP contribution in [0, 0.1) is 5.92 Å². The molecule has 4 N–H and O–H groups in total. The molecule has 5 heteroatoms. The third kappa shape index (κ3) is 3.19. The van der Waals surface area contributed by atoms with E-state index in [2.05, 4.69) is 48.0 Å². The maximum absolute atomic E-state index is 6.27. The Balaban J connectivity index is 2.00. The van der Waals surface area contributed by atoms with Crippen LogP contribution in [-0.4, -0.2) is 17.6 Å². The first-order valence-corrected chi connectivity index (χ1v) is 8.59. The Hall–Kier alpha value is -2.04. The minimum absolute atomic E-state index is 0.305. The highest BCUT2D eigenvalue weighted by molar-refractivity contribution is 6.05. The monoisotopic (exact) mass is 313 g/mol. The SMILES string of the molecule is CC(C)Cc1cccc(N2C(N)=NC(N)=NC23CCCCC3)c1. The Morgan fingerprint density at radius 3 is 2.61 bits per heavy atom. The first-order chi connectivity index (χ1) is 11.0. The standard InChI is InChI=1S/C18H27N5/c1-13(2)11-14-7-6-8-15(12-14)23-17(20)21-16(19)22-18(23)9-4-3-5-10-18/h6-8,12-13H,3-5,9-11H2,1-2H3,(H4,19,20,21,22). The molecule has 0 bridgehead atoms. The molecule has 1 aliphatic heterocycles. The summed E-state index contributed by atoms with van der Waals surface area (Å²) in [5.41, 5.74) is 14.2. The van der Waals surface area contributed by atoms with Gasteiger partial charge < -0.3 is 11.5 Å². The lowest BCUT2D eigenvalue weighted by atomic mass is 9.87. The maximum atomic E-state index is 6.27. The Kier molecular flexibility index (Phi) is 4.28. The zero-order valence-electron chi connectivity index (χ0n) is 14.1. The van der Waals surface area contributed by atoms with Gasteiger partial charge in [-0.25, -0.2) is 4.99 Å². The third-order valence-corrected chi connectivity index (χ3v) is 4.66. The molecule has 1 aromatic rings. The lowest BCUT2D eigenvalue weighted by Gasteiger charge is -2.45. The number of nitrogens with two attached hydrogens (primary N) is 2. The average Bonchev–Trinajstić information content (AvgIpc) is 2.46. The van der Waals surface area contributed by atoms with Crippen LogP contribution in [0.15, 0.2) is 34.3 Å². The number of rotatable bonds is 3. The molecule has 0 saturated heterocycles. The Morgan fingerprint density at radius 2 is 1.91 bits per heavy atom. The van der Waals surface area contributed by atoms with Gasteiger partial charge >= 0.3 is 0 Å². The summed E-state index contributed by atoms with van der Waals surface area (Å²) in [6.45, 7) is 4.47. The van der Waals surface area contributed by atoms with Gasteiger partial charge in [0.15, 0.2) is 0 Å². The van der Waals surface area contributed by atoms with Crippen molar-refractivity contribution in [3.63, 3.8) is 0 Å². The largest absolute Gasteiger partial charge is 0.369 e. The summed E-state index contributed by atoms with van der Waals surface area (Å²) < 4.78 is 0. The van der Waals surface area contributed by atoms with Gasteiger partial charge in [-0.1, -0.05) is 32.4 Å². The molecule has 1 saturated carbocycles. The van der Waals surface area contributed by atoms with Gasteiger partial charge in [0.1, 0.15) is 5.66 Å². The van der Waals surface area contributed by atoms with Crippen molar-refractivity contribution in [1.29, 1.82) is 0 Å². The summed E-state index contributed by atoms with van der Waals surface area (Å²) in [4.78, 5) is 11.1. The molecule has 1 fully saturated rings. The number of hydrogen-bond acceptors (Lipinski definition) is 5. The molecule has 0 amide bonds. The van der Waals surface area contributed by atoms with Crippen LogP contribution in [0.2, 0.25) is 0 Å². The van der Waals surface area contributed by atoms with E-state index >= 15 is 0 Å². The van der Waals surface area contributed by atoms with Crippen LogP contribution in [0.25, 0.3) is 0 Å². The Bertz CT molecular complexity index is 626. The second-order valence-electron chi connectivity index (χ2n) is 7.09. The van der Waals surface area contributed by atoms with Crippen molar-refractivity contribution in [3.8, 4) is 0 Å². The minimum Gasteiger partial charge on any atom is -0.369 e. The van der Waals surface area contributed by atoms with E-state index in [4.69, 9.17) is 16.5 Å². The summed E-state index contributed by atoms with van der Waals surface area (Å²) in [6.07, 6.45) is 6.53. The zero-order chi connectivity index (χ0) is 16.4. The molecule has 5 nitrogen and oxygen atoms in total. The number of anilines is 1. The summed E-state index contributed by atoms with van der Waals surface area (Å²) in [5, 5.41) is 0. The topological polar surface area (TPSA) is 80.0 Å². The molecule has 0 radical (unpaired) electrons. The fraction of sp³-hybridized carbons (Fsp3) is 0.556. The van der Waals surface area contributed by atoms with E-state index in [1.807, 2.05) is 0 Å². The first kappa shape index (κ1) is 15.8. The van der Waals surface area contributed by atoms with Crippen molar-refractivity contribution in [2.24, 2.45) is 27.4 Å². The quantitative estimate of drug-likeness (QED) is 0.900. The van der Waals surface area contributed by atoms with E-state index in [1.54, 1.807) is 0 Å². The van der Waals surface area contributed by atoms with E-state index < -0.39 is 0 Å². The van der Waals surface area contributed by atoms with Gasteiger partial charge in [0.2, 0.25) is 11.9 Å². The highest BCUT2D eigenvalue weighted by Gasteiger charge is 2.42. The van der Waals surface area contributed by atoms with E-state index in [-0.39, 0.29) is 5.66 Å². The highest BCUT2D eigenvalue weighted by atomic mass is 15.4. The van der Waals surface area contributed by atoms with Gasteiger partial charge in [-0.3, -0.25) is 4.90 Å². The molecule has 3 rings (SSSR count). The molecule has 1 spiro atoms. The fourth-order valence-corrected chi connectivity index (χ4v) is 3.79. The van der Waals surface area contributed by atoms with Crippen molar-refractivity contribution < 1.29 is 0 Å². The van der Waals surface area contributed by atoms with Crippen molar-refractivity contribution in [2.75, 3.05) is 4.90 Å². The first-order valence-electron chi connectivity index (χ1n) is 8.59. The number of benzene rings is 1. The molecule has 0 atom stereocenters. The van der Waals surface area contributed by atoms with Crippen LogP contribution < -0.4 is 16.4 Å². The molecule has 0 unspecified atom stereocenters. The molecule has 1 aliphatic carbocycles. The van der Waals surface area contributed by atoms with Gasteiger partial charge in [-0.15, -0.1) is 0 Å². The van der Waals surface area contributed by atoms with Gasteiger partial charge in [0, 0.05) is 5.69 Å². The highest BCUT2D eigenvalue weighted by Crippen LogP contribution is 2.39. The van der Waals surface area contributed by atoms with Crippen molar-refractivity contribution >= 4 is 17.6 Å². The normalized spacial score (nSPS) is 20.6. The lowest BCUT2D eigenvalue weighted by Crippen LogP contribution is -2.58. The summed E-state index contributed by atoms with van der Waals surface area (Å²) in [7, 11) is 0. The smallest absolute Gasteiger partial charge is 0.220 e. The minimum atomic E-state index is -0.357. The Labute approximate surface area is 138 Å². The lowest BCUT2D eigenvalue weighted by molar-refractivity contribution is 0.305. The predicted octanol–water partition coefficient (Wildman–Crippen LogP) is 2.99. The number of nitrogens with zero attached hydrogens (tertiary/aromatic N) is 3. The molecule has 124 valence electrons. The van der Waals surface area contributed by atoms with Gasteiger partial charge in [0.05, 0.1) is 0 Å². The number of guanidine groups is 2. The Morgan fingerprint density at radius 1 is 1.17 bits per heavy atom. The second-order valence-corrected chi connectivity index (χ2v) is 7.09. The molecular formula is C18H27N5. The summed E-state index contributed by atoms with van der Waals surface area (Å²) in [5.74, 6) is 1.38. The van der Waals surface area contributed by atoms with Crippen LogP contribution in [0.1, 0.15) is 51.5 Å². The van der Waals surface area contributed by atoms with Crippen LogP contribution >= 0.6 is 0 Å².